The van der Waals surface area contributed by atoms with Crippen molar-refractivity contribution < 1.29 is 23.1 Å². The summed E-state index contributed by atoms with van der Waals surface area (Å²) in [4.78, 5) is 12.6. The van der Waals surface area contributed by atoms with Gasteiger partial charge >= 0.3 is 6.18 Å². The standard InChI is InChI=1S/C22H20BrF3N4O2/c1-12(31)13-4-8-16(9-5-13)27-21(32)18-11-20-28-17(14-2-6-15(23)7-3-14)10-19(22(24,25)26)30(20)29-18/h2-9,11-12,17,19,28,31H,10H2,1H3,(H,27,32)/t12-,17+,19+/m0/s1. The molecule has 0 saturated carbocycles. The first-order chi connectivity index (χ1) is 15.1. The van der Waals surface area contributed by atoms with E-state index in [1.54, 1.807) is 55.5 Å². The highest BCUT2D eigenvalue weighted by Crippen LogP contribution is 2.43. The van der Waals surface area contributed by atoms with Gasteiger partial charge in [-0.2, -0.15) is 18.3 Å². The fourth-order valence-corrected chi connectivity index (χ4v) is 3.90. The highest BCUT2D eigenvalue weighted by Gasteiger charge is 2.46. The van der Waals surface area contributed by atoms with E-state index < -0.39 is 30.3 Å². The van der Waals surface area contributed by atoms with Gasteiger partial charge in [0.2, 0.25) is 0 Å². The van der Waals surface area contributed by atoms with E-state index in [0.29, 0.717) is 16.8 Å². The predicted molar refractivity (Wildman–Crippen MR) is 117 cm³/mol. The quantitative estimate of drug-likeness (QED) is 0.427. The molecule has 0 fully saturated rings. The molecular formula is C22H20BrF3N4O2. The van der Waals surface area contributed by atoms with E-state index in [1.165, 1.54) is 6.07 Å². The van der Waals surface area contributed by atoms with Gasteiger partial charge in [0.1, 0.15) is 5.82 Å². The maximum Gasteiger partial charge on any atom is 0.410 e. The Balaban J connectivity index is 1.59. The van der Waals surface area contributed by atoms with Gasteiger partial charge < -0.3 is 15.7 Å². The molecule has 10 heteroatoms. The van der Waals surface area contributed by atoms with E-state index in [2.05, 4.69) is 31.7 Å². The molecule has 0 bridgehead atoms. The lowest BCUT2D eigenvalue weighted by atomic mass is 9.97. The predicted octanol–water partition coefficient (Wildman–Crippen LogP) is 5.61. The summed E-state index contributed by atoms with van der Waals surface area (Å²) in [6.07, 6.45) is -5.42. The second-order valence-corrected chi connectivity index (χ2v) is 8.57. The topological polar surface area (TPSA) is 79.2 Å². The zero-order chi connectivity index (χ0) is 23.0. The van der Waals surface area contributed by atoms with E-state index >= 15 is 0 Å². The Kier molecular flexibility index (Phi) is 6.00. The van der Waals surface area contributed by atoms with Crippen LogP contribution in [0.25, 0.3) is 0 Å². The SMILES string of the molecule is C[C@H](O)c1ccc(NC(=O)c2cc3n(n2)[C@@H](C(F)(F)F)C[C@H](c2ccc(Br)cc2)N3)cc1. The summed E-state index contributed by atoms with van der Waals surface area (Å²) in [7, 11) is 0. The number of hydrogen-bond donors (Lipinski definition) is 3. The molecule has 0 unspecified atom stereocenters. The number of nitrogens with zero attached hydrogens (tertiary/aromatic N) is 2. The van der Waals surface area contributed by atoms with Gasteiger partial charge in [0.05, 0.1) is 12.1 Å². The average Bonchev–Trinajstić information content (AvgIpc) is 3.17. The van der Waals surface area contributed by atoms with Crippen LogP contribution in [0.15, 0.2) is 59.1 Å². The number of benzene rings is 2. The Morgan fingerprint density at radius 1 is 1.22 bits per heavy atom. The minimum absolute atomic E-state index is 0.126. The first kappa shape index (κ1) is 22.3. The average molecular weight is 509 g/mol. The molecule has 168 valence electrons. The van der Waals surface area contributed by atoms with E-state index in [0.717, 1.165) is 9.15 Å². The number of anilines is 2. The first-order valence-corrected chi connectivity index (χ1v) is 10.7. The van der Waals surface area contributed by atoms with Crippen LogP contribution >= 0.6 is 15.9 Å². The molecule has 2 heterocycles. The van der Waals surface area contributed by atoms with Crippen molar-refractivity contribution in [2.45, 2.75) is 37.7 Å². The number of amides is 1. The molecule has 3 atom stereocenters. The fraction of sp³-hybridized carbons (Fsp3) is 0.273. The van der Waals surface area contributed by atoms with Gasteiger partial charge in [-0.25, -0.2) is 4.68 Å². The van der Waals surface area contributed by atoms with Gasteiger partial charge in [0.15, 0.2) is 11.7 Å². The number of nitrogens with one attached hydrogen (secondary N) is 2. The number of alkyl halides is 3. The molecule has 0 radical (unpaired) electrons. The largest absolute Gasteiger partial charge is 0.410 e. The van der Waals surface area contributed by atoms with Gasteiger partial charge in [0.25, 0.3) is 5.91 Å². The number of carbonyl (C=O) groups is 1. The van der Waals surface area contributed by atoms with Gasteiger partial charge in [-0.3, -0.25) is 4.79 Å². The molecule has 0 saturated heterocycles. The third kappa shape index (κ3) is 4.66. The lowest BCUT2D eigenvalue weighted by molar-refractivity contribution is -0.173. The van der Waals surface area contributed by atoms with Gasteiger partial charge in [-0.15, -0.1) is 0 Å². The summed E-state index contributed by atoms with van der Waals surface area (Å²) in [6.45, 7) is 1.62. The minimum atomic E-state index is -4.53. The monoisotopic (exact) mass is 508 g/mol. The molecular weight excluding hydrogens is 489 g/mol. The maximum absolute atomic E-state index is 13.8. The van der Waals surface area contributed by atoms with Crippen LogP contribution in [0, 0.1) is 0 Å². The number of carbonyl (C=O) groups excluding carboxylic acids is 1. The Bertz CT molecular complexity index is 1110. The highest BCUT2D eigenvalue weighted by molar-refractivity contribution is 9.10. The molecule has 1 amide bonds. The number of aliphatic hydroxyl groups is 1. The van der Waals surface area contributed by atoms with Gasteiger partial charge in [0, 0.05) is 22.6 Å². The van der Waals surface area contributed by atoms with Crippen molar-refractivity contribution >= 4 is 33.3 Å². The van der Waals surface area contributed by atoms with Crippen molar-refractivity contribution in [3.63, 3.8) is 0 Å². The molecule has 0 aliphatic carbocycles. The number of fused-ring (bicyclic) bond motifs is 1. The molecule has 3 aromatic rings. The summed E-state index contributed by atoms with van der Waals surface area (Å²) >= 11 is 3.32. The van der Waals surface area contributed by atoms with Crippen molar-refractivity contribution in [2.75, 3.05) is 10.6 Å². The molecule has 1 aromatic heterocycles. The van der Waals surface area contributed by atoms with Crippen LogP contribution < -0.4 is 10.6 Å². The lowest BCUT2D eigenvalue weighted by Gasteiger charge is -2.33. The second kappa shape index (κ2) is 8.59. The van der Waals surface area contributed by atoms with Crippen molar-refractivity contribution in [2.24, 2.45) is 0 Å². The zero-order valence-electron chi connectivity index (χ0n) is 16.9. The van der Waals surface area contributed by atoms with Crippen molar-refractivity contribution in [1.82, 2.24) is 9.78 Å². The van der Waals surface area contributed by atoms with Crippen molar-refractivity contribution in [1.29, 1.82) is 0 Å². The molecule has 0 spiro atoms. The molecule has 1 aliphatic rings. The molecule has 3 N–H and O–H groups in total. The number of halogens is 4. The maximum atomic E-state index is 13.8. The van der Waals surface area contributed by atoms with Gasteiger partial charge in [-0.1, -0.05) is 40.2 Å². The van der Waals surface area contributed by atoms with Crippen LogP contribution in [-0.4, -0.2) is 27.0 Å². The van der Waals surface area contributed by atoms with Crippen molar-refractivity contribution in [3.05, 3.63) is 75.9 Å². The molecule has 1 aliphatic heterocycles. The van der Waals surface area contributed by atoms with E-state index in [-0.39, 0.29) is 17.9 Å². The summed E-state index contributed by atoms with van der Waals surface area (Å²) in [5.41, 5.74) is 1.70. The normalized spacial score (nSPS) is 19.1. The van der Waals surface area contributed by atoms with Crippen LogP contribution in [0.4, 0.5) is 24.7 Å². The second-order valence-electron chi connectivity index (χ2n) is 7.65. The third-order valence-electron chi connectivity index (χ3n) is 5.35. The van der Waals surface area contributed by atoms with Crippen LogP contribution in [0.2, 0.25) is 0 Å². The Hall–Kier alpha value is -2.85. The van der Waals surface area contributed by atoms with Crippen LogP contribution in [0.1, 0.15) is 53.1 Å². The summed E-state index contributed by atoms with van der Waals surface area (Å²) in [5, 5.41) is 19.2. The van der Waals surface area contributed by atoms with Crippen LogP contribution in [0.3, 0.4) is 0 Å². The molecule has 6 nitrogen and oxygen atoms in total. The van der Waals surface area contributed by atoms with E-state index in [9.17, 15) is 23.1 Å². The first-order valence-electron chi connectivity index (χ1n) is 9.89. The van der Waals surface area contributed by atoms with Gasteiger partial charge in [-0.05, 0) is 42.3 Å². The fourth-order valence-electron chi connectivity index (χ4n) is 3.64. The summed E-state index contributed by atoms with van der Waals surface area (Å²) in [5.74, 6) is -0.499. The summed E-state index contributed by atoms with van der Waals surface area (Å²) in [6, 6.07) is 12.5. The summed E-state index contributed by atoms with van der Waals surface area (Å²) < 4.78 is 43.1. The molecule has 4 rings (SSSR count). The number of hydrogen-bond acceptors (Lipinski definition) is 4. The van der Waals surface area contributed by atoms with Crippen LogP contribution in [0.5, 0.6) is 0 Å². The van der Waals surface area contributed by atoms with E-state index in [4.69, 9.17) is 0 Å². The highest BCUT2D eigenvalue weighted by atomic mass is 79.9. The number of aromatic nitrogens is 2. The van der Waals surface area contributed by atoms with Crippen molar-refractivity contribution in [3.8, 4) is 0 Å². The van der Waals surface area contributed by atoms with Crippen LogP contribution in [-0.2, 0) is 0 Å². The minimum Gasteiger partial charge on any atom is -0.389 e. The lowest BCUT2D eigenvalue weighted by Crippen LogP contribution is -2.35. The zero-order valence-corrected chi connectivity index (χ0v) is 18.5. The smallest absolute Gasteiger partial charge is 0.389 e. The molecule has 32 heavy (non-hydrogen) atoms. The Labute approximate surface area is 190 Å². The van der Waals surface area contributed by atoms with E-state index in [1.807, 2.05) is 0 Å². The Morgan fingerprint density at radius 3 is 2.47 bits per heavy atom. The Morgan fingerprint density at radius 2 is 1.88 bits per heavy atom. The third-order valence-corrected chi connectivity index (χ3v) is 5.87. The number of rotatable bonds is 4. The number of aliphatic hydroxyl groups excluding tert-OH is 1. The molecule has 2 aromatic carbocycles.